The zero-order chi connectivity index (χ0) is 19.3. The van der Waals surface area contributed by atoms with Crippen molar-refractivity contribution in [3.63, 3.8) is 0 Å². The molecule has 1 aliphatic heterocycles. The zero-order valence-electron chi connectivity index (χ0n) is 17.4. The second-order valence-electron chi connectivity index (χ2n) is 9.58. The van der Waals surface area contributed by atoms with Crippen LogP contribution in [-0.2, 0) is 11.3 Å². The number of benzene rings is 1. The Morgan fingerprint density at radius 3 is 2.41 bits per heavy atom. The van der Waals surface area contributed by atoms with Crippen LogP contribution in [0.15, 0.2) is 30.3 Å². The highest BCUT2D eigenvalue weighted by Crippen LogP contribution is 2.39. The molecule has 152 valence electrons. The van der Waals surface area contributed by atoms with E-state index in [1.54, 1.807) is 0 Å². The van der Waals surface area contributed by atoms with Crippen molar-refractivity contribution in [1.82, 2.24) is 9.80 Å². The van der Waals surface area contributed by atoms with E-state index in [2.05, 4.69) is 60.9 Å². The summed E-state index contributed by atoms with van der Waals surface area (Å²) in [5.74, 6) is 0.773. The Bertz CT molecular complexity index is 557. The molecule has 0 aromatic heterocycles. The maximum Gasteiger partial charge on any atom is 0.0598 e. The van der Waals surface area contributed by atoms with Crippen LogP contribution in [0.2, 0.25) is 0 Å². The molecule has 3 atom stereocenters. The van der Waals surface area contributed by atoms with Crippen LogP contribution in [0.5, 0.6) is 0 Å². The second kappa shape index (κ2) is 9.78. The molecule has 1 aromatic carbocycles. The van der Waals surface area contributed by atoms with Crippen molar-refractivity contribution in [2.45, 2.75) is 57.9 Å². The van der Waals surface area contributed by atoms with E-state index in [4.69, 9.17) is 17.4 Å². The molecule has 1 aromatic rings. The summed E-state index contributed by atoms with van der Waals surface area (Å²) in [4.78, 5) is 5.11. The van der Waals surface area contributed by atoms with Gasteiger partial charge in [0.2, 0.25) is 0 Å². The van der Waals surface area contributed by atoms with Crippen LogP contribution in [-0.4, -0.2) is 60.5 Å². The predicted octanol–water partition coefficient (Wildman–Crippen LogP) is 4.33. The third-order valence-corrected chi connectivity index (χ3v) is 6.37. The van der Waals surface area contributed by atoms with Gasteiger partial charge in [0.15, 0.2) is 0 Å². The molecule has 0 amide bonds. The van der Waals surface area contributed by atoms with E-state index in [1.165, 1.54) is 24.8 Å². The smallest absolute Gasteiger partial charge is 0.0598 e. The van der Waals surface area contributed by atoms with Crippen molar-refractivity contribution in [2.24, 2.45) is 11.3 Å². The number of thiol groups is 1. The molecule has 3 nitrogen and oxygen atoms in total. The average molecular weight is 391 g/mol. The van der Waals surface area contributed by atoms with Crippen molar-refractivity contribution in [3.05, 3.63) is 35.9 Å². The Morgan fingerprint density at radius 2 is 1.74 bits per heavy atom. The molecule has 0 spiro atoms. The van der Waals surface area contributed by atoms with Crippen molar-refractivity contribution in [2.75, 3.05) is 39.3 Å². The molecule has 0 N–H and O–H groups in total. The fourth-order valence-electron chi connectivity index (χ4n) is 4.95. The lowest BCUT2D eigenvalue weighted by Gasteiger charge is -2.39. The molecule has 1 saturated heterocycles. The van der Waals surface area contributed by atoms with Gasteiger partial charge in [-0.05, 0) is 36.2 Å². The number of hydrogen-bond donors (Lipinski definition) is 1. The van der Waals surface area contributed by atoms with E-state index in [1.807, 2.05) is 0 Å². The molecule has 2 aliphatic rings. The quantitative estimate of drug-likeness (QED) is 0.698. The normalized spacial score (nSPS) is 28.1. The molecule has 1 heterocycles. The molecule has 0 radical (unpaired) electrons. The molecule has 1 saturated carbocycles. The zero-order valence-corrected chi connectivity index (χ0v) is 18.3. The van der Waals surface area contributed by atoms with Gasteiger partial charge in [0.05, 0.1) is 12.7 Å². The second-order valence-corrected chi connectivity index (χ2v) is 10.3. The van der Waals surface area contributed by atoms with Crippen LogP contribution in [0.25, 0.3) is 0 Å². The summed E-state index contributed by atoms with van der Waals surface area (Å²) < 4.78 is 6.28. The summed E-state index contributed by atoms with van der Waals surface area (Å²) in [5, 5.41) is 0.311. The van der Waals surface area contributed by atoms with E-state index in [0.29, 0.717) is 16.8 Å². The number of ether oxygens (including phenoxy) is 1. The third kappa shape index (κ3) is 7.08. The summed E-state index contributed by atoms with van der Waals surface area (Å²) in [6.07, 6.45) is 4.14. The average Bonchev–Trinajstić information content (AvgIpc) is 2.61. The van der Waals surface area contributed by atoms with Gasteiger partial charge in [-0.1, -0.05) is 51.1 Å². The van der Waals surface area contributed by atoms with Gasteiger partial charge in [0, 0.05) is 44.5 Å². The van der Waals surface area contributed by atoms with Gasteiger partial charge in [-0.3, -0.25) is 9.80 Å². The number of nitrogens with zero attached hydrogens (tertiary/aromatic N) is 2. The minimum Gasteiger partial charge on any atom is -0.377 e. The molecule has 0 unspecified atom stereocenters. The molecule has 0 bridgehead atoms. The first-order valence-electron chi connectivity index (χ1n) is 10.7. The monoisotopic (exact) mass is 390 g/mol. The van der Waals surface area contributed by atoms with Crippen LogP contribution < -0.4 is 0 Å². The molecule has 27 heavy (non-hydrogen) atoms. The van der Waals surface area contributed by atoms with Gasteiger partial charge in [0.25, 0.3) is 0 Å². The maximum absolute atomic E-state index is 6.28. The Balaban J connectivity index is 1.34. The minimum absolute atomic E-state index is 0.311. The molecule has 2 fully saturated rings. The van der Waals surface area contributed by atoms with Crippen LogP contribution in [0, 0.1) is 11.3 Å². The van der Waals surface area contributed by atoms with Gasteiger partial charge in [-0.15, -0.1) is 0 Å². The Morgan fingerprint density at radius 1 is 1.07 bits per heavy atom. The van der Waals surface area contributed by atoms with Crippen molar-refractivity contribution in [1.29, 1.82) is 0 Å². The van der Waals surface area contributed by atoms with Crippen LogP contribution in [0.3, 0.4) is 0 Å². The van der Waals surface area contributed by atoms with E-state index in [-0.39, 0.29) is 0 Å². The summed E-state index contributed by atoms with van der Waals surface area (Å²) in [7, 11) is 0. The highest BCUT2D eigenvalue weighted by atomic mass is 32.1. The van der Waals surface area contributed by atoms with E-state index in [0.717, 1.165) is 51.8 Å². The molecule has 3 rings (SSSR count). The topological polar surface area (TPSA) is 15.7 Å². The summed E-state index contributed by atoms with van der Waals surface area (Å²) in [6, 6.07) is 10.8. The molecule has 1 aliphatic carbocycles. The highest BCUT2D eigenvalue weighted by molar-refractivity contribution is 7.81. The molecule has 4 heteroatoms. The molecular weight excluding hydrogens is 352 g/mol. The number of hydrogen-bond acceptors (Lipinski definition) is 4. The fraction of sp³-hybridized carbons (Fsp3) is 0.739. The van der Waals surface area contributed by atoms with E-state index >= 15 is 0 Å². The summed E-state index contributed by atoms with van der Waals surface area (Å²) in [6.45, 7) is 14.6. The first-order valence-corrected chi connectivity index (χ1v) is 11.2. The Kier molecular flexibility index (Phi) is 7.66. The summed E-state index contributed by atoms with van der Waals surface area (Å²) in [5.41, 5.74) is 1.83. The predicted molar refractivity (Wildman–Crippen MR) is 117 cm³/mol. The first-order chi connectivity index (χ1) is 12.9. The minimum atomic E-state index is 0.311. The van der Waals surface area contributed by atoms with E-state index < -0.39 is 0 Å². The van der Waals surface area contributed by atoms with Crippen molar-refractivity contribution in [3.8, 4) is 0 Å². The Labute approximate surface area is 171 Å². The Hall–Kier alpha value is -0.550. The highest BCUT2D eigenvalue weighted by Gasteiger charge is 2.32. The maximum atomic E-state index is 6.28. The number of piperazine rings is 1. The number of rotatable bonds is 7. The lowest BCUT2D eigenvalue weighted by molar-refractivity contribution is -0.0244. The van der Waals surface area contributed by atoms with Gasteiger partial charge in [-0.2, -0.15) is 12.6 Å². The van der Waals surface area contributed by atoms with Crippen LogP contribution >= 0.6 is 12.6 Å². The fourth-order valence-corrected chi connectivity index (χ4v) is 5.27. The van der Waals surface area contributed by atoms with Crippen molar-refractivity contribution < 1.29 is 4.74 Å². The van der Waals surface area contributed by atoms with Crippen LogP contribution in [0.1, 0.15) is 45.6 Å². The largest absolute Gasteiger partial charge is 0.377 e. The van der Waals surface area contributed by atoms with Gasteiger partial charge >= 0.3 is 0 Å². The van der Waals surface area contributed by atoms with Crippen LogP contribution in [0.4, 0.5) is 0 Å². The molecular formula is C23H38N2OS. The van der Waals surface area contributed by atoms with Crippen molar-refractivity contribution >= 4 is 12.6 Å². The lowest BCUT2D eigenvalue weighted by Crippen LogP contribution is -2.48. The lowest BCUT2D eigenvalue weighted by atomic mass is 9.71. The summed E-state index contributed by atoms with van der Waals surface area (Å²) >= 11 is 4.83. The van der Waals surface area contributed by atoms with Gasteiger partial charge < -0.3 is 4.74 Å². The van der Waals surface area contributed by atoms with E-state index in [9.17, 15) is 0 Å². The van der Waals surface area contributed by atoms with Gasteiger partial charge in [0.1, 0.15) is 0 Å². The third-order valence-electron chi connectivity index (χ3n) is 6.05. The van der Waals surface area contributed by atoms with Gasteiger partial charge in [-0.25, -0.2) is 0 Å². The first kappa shape index (κ1) is 21.2. The standard InChI is InChI=1S/C23H38N2OS/c1-19-13-21(15-23(2,3)14-19)26-18-22(27)17-25-11-9-24(10-12-25)16-20-7-5-4-6-8-20/h4-8,19,21-22,27H,9-18H2,1-3H3/t19-,21-,22-/m1/s1. The SMILES string of the molecule is C[C@@H]1C[C@@H](OC[C@H](S)CN2CCN(Cc3ccccc3)CC2)CC(C)(C)C1.